The van der Waals surface area contributed by atoms with Crippen LogP contribution in [0, 0.1) is 31.8 Å². The molecule has 0 fully saturated rings. The molecule has 0 bridgehead atoms. The molecule has 0 radical (unpaired) electrons. The first-order valence-corrected chi connectivity index (χ1v) is 21.3. The zero-order valence-corrected chi connectivity index (χ0v) is 38.4. The SMILES string of the molecule is [C-]#[N+]c1c(-c2ccccc2)nn(-c2cc(C(=O)O)cc(C(=O)O)c2)c1N=Nc1c(C)nn(-c2nc(O)nc(-n3nc(C)c(N=Nc4c(C#N)c(-c5ccccc5)nn4-c4cc(C(=O)O)cc(C(=O)O)c4)c3N)n2)c1N. The fraction of sp³-hybridized carbons (Fsp3) is 0.0426. The molecule has 9 N–H and O–H groups in total. The monoisotopic (exact) mass is 1010 g/mol. The summed E-state index contributed by atoms with van der Waals surface area (Å²) in [6.45, 7) is 11.1. The van der Waals surface area contributed by atoms with Gasteiger partial charge in [0.05, 0.1) is 51.6 Å². The Bertz CT molecular complexity index is 3690. The summed E-state index contributed by atoms with van der Waals surface area (Å²) in [5.74, 6) is -7.50. The molecule has 368 valence electrons. The van der Waals surface area contributed by atoms with Gasteiger partial charge in [0.15, 0.2) is 34.6 Å². The molecule has 0 aliphatic carbocycles. The van der Waals surface area contributed by atoms with E-state index in [-0.39, 0.29) is 103 Å². The van der Waals surface area contributed by atoms with Crippen LogP contribution in [0.4, 0.5) is 40.3 Å². The van der Waals surface area contributed by atoms with Gasteiger partial charge in [-0.2, -0.15) is 50.0 Å². The quantitative estimate of drug-likeness (QED) is 0.0410. The van der Waals surface area contributed by atoms with Crippen molar-refractivity contribution in [1.82, 2.24) is 54.1 Å². The van der Waals surface area contributed by atoms with Gasteiger partial charge in [0.25, 0.3) is 17.6 Å². The van der Waals surface area contributed by atoms with Gasteiger partial charge in [0.1, 0.15) is 23.0 Å². The van der Waals surface area contributed by atoms with E-state index in [4.69, 9.17) is 18.0 Å². The first kappa shape index (κ1) is 48.2. The number of nitrogen functional groups attached to an aromatic ring is 2. The molecule has 9 aromatic rings. The van der Waals surface area contributed by atoms with Crippen LogP contribution in [0.3, 0.4) is 0 Å². The summed E-state index contributed by atoms with van der Waals surface area (Å²) in [5.41, 5.74) is 12.3. The van der Waals surface area contributed by atoms with Crippen molar-refractivity contribution in [1.29, 1.82) is 5.26 Å². The highest BCUT2D eigenvalue weighted by Gasteiger charge is 2.27. The molecular weight excluding hydrogens is 975 g/mol. The van der Waals surface area contributed by atoms with Gasteiger partial charge in [-0.05, 0) is 55.8 Å². The summed E-state index contributed by atoms with van der Waals surface area (Å²) in [4.78, 5) is 64.2. The molecule has 0 unspecified atom stereocenters. The molecule has 28 heteroatoms. The van der Waals surface area contributed by atoms with Crippen LogP contribution in [0.2, 0.25) is 0 Å². The third-order valence-electron chi connectivity index (χ3n) is 10.9. The van der Waals surface area contributed by atoms with Gasteiger partial charge < -0.3 is 37.0 Å². The maximum absolute atomic E-state index is 12.1. The minimum absolute atomic E-state index is 0.0743. The Labute approximate surface area is 418 Å². The minimum Gasteiger partial charge on any atom is -0.479 e. The summed E-state index contributed by atoms with van der Waals surface area (Å²) in [7, 11) is 0. The lowest BCUT2D eigenvalue weighted by Gasteiger charge is -2.08. The largest absolute Gasteiger partial charge is 0.479 e. The Morgan fingerprint density at radius 3 is 1.39 bits per heavy atom. The summed E-state index contributed by atoms with van der Waals surface area (Å²) in [5, 5.41) is 95.6. The van der Waals surface area contributed by atoms with Crippen LogP contribution in [-0.2, 0) is 0 Å². The molecule has 5 heterocycles. The number of aromatic hydroxyl groups is 1. The number of rotatable bonds is 14. The van der Waals surface area contributed by atoms with Crippen LogP contribution in [-0.4, -0.2) is 103 Å². The van der Waals surface area contributed by atoms with Crippen molar-refractivity contribution in [3.05, 3.63) is 148 Å². The van der Waals surface area contributed by atoms with E-state index in [1.54, 1.807) is 60.7 Å². The second-order valence-electron chi connectivity index (χ2n) is 15.7. The van der Waals surface area contributed by atoms with E-state index in [0.29, 0.717) is 11.1 Å². The van der Waals surface area contributed by atoms with E-state index in [0.717, 1.165) is 55.1 Å². The molecule has 28 nitrogen and oxygen atoms in total. The van der Waals surface area contributed by atoms with Gasteiger partial charge in [0.2, 0.25) is 0 Å². The number of carbonyl (C=O) groups is 4. The summed E-state index contributed by atoms with van der Waals surface area (Å²) in [6, 6.07) is 24.6. The molecule has 75 heavy (non-hydrogen) atoms. The standard InChI is InChI=1S/C47H31N19O9/c1-21-32(55-57-39-31(20-48)34(23-10-6-4-7-11-23)61-63(39)29-16-25(41(67)68)14-26(17-29)42(69)70)37(49)65(59-21)45-52-46(54-47(75)53-45)66-38(50)33(22(2)60-66)56-58-40-36(51-3)35(24-12-8-5-9-13-24)62-64(40)30-18-27(43(71)72)15-28(19-30)44(73)74/h4-19H,49-50H2,1-2H3,(H,67,68)(H,69,70)(H,71,72)(H,73,74)(H,52,53,54,75). The first-order valence-electron chi connectivity index (χ1n) is 21.3. The number of aromatic nitrogens is 11. The van der Waals surface area contributed by atoms with E-state index < -0.39 is 41.0 Å². The van der Waals surface area contributed by atoms with Gasteiger partial charge in [-0.25, -0.2) is 33.4 Å². The van der Waals surface area contributed by atoms with Crippen LogP contribution in [0.15, 0.2) is 118 Å². The summed E-state index contributed by atoms with van der Waals surface area (Å²) < 4.78 is 4.09. The van der Waals surface area contributed by atoms with Crippen molar-refractivity contribution in [2.75, 3.05) is 11.5 Å². The Balaban J connectivity index is 1.11. The number of nitrogens with two attached hydrogens (primary N) is 2. The second-order valence-corrected chi connectivity index (χ2v) is 15.7. The number of hydrogen-bond donors (Lipinski definition) is 7. The van der Waals surface area contributed by atoms with Crippen LogP contribution < -0.4 is 11.5 Å². The topological polar surface area (TPSA) is 409 Å². The fourth-order valence-electron chi connectivity index (χ4n) is 7.46. The lowest BCUT2D eigenvalue weighted by molar-refractivity contribution is 0.0676. The normalized spacial score (nSPS) is 11.3. The average molecular weight is 1010 g/mol. The number of aromatic carboxylic acids is 4. The predicted octanol–water partition coefficient (Wildman–Crippen LogP) is 7.48. The molecule has 9 rings (SSSR count). The van der Waals surface area contributed by atoms with E-state index >= 15 is 0 Å². The number of nitrogens with zero attached hydrogens (tertiary/aromatic N) is 17. The molecule has 0 saturated carbocycles. The zero-order chi connectivity index (χ0) is 53.4. The molecule has 5 aromatic heterocycles. The summed E-state index contributed by atoms with van der Waals surface area (Å²) >= 11 is 0. The van der Waals surface area contributed by atoms with Crippen LogP contribution in [0.1, 0.15) is 58.4 Å². The van der Waals surface area contributed by atoms with Crippen molar-refractivity contribution < 1.29 is 44.7 Å². The molecule has 0 atom stereocenters. The number of benzene rings is 4. The molecular formula is C47H31N19O9. The van der Waals surface area contributed by atoms with Gasteiger partial charge >= 0.3 is 29.9 Å². The lowest BCUT2D eigenvalue weighted by Crippen LogP contribution is -2.13. The number of anilines is 2. The highest BCUT2D eigenvalue weighted by atomic mass is 16.4. The third-order valence-corrected chi connectivity index (χ3v) is 10.9. The smallest absolute Gasteiger partial charge is 0.335 e. The van der Waals surface area contributed by atoms with Crippen LogP contribution in [0.5, 0.6) is 6.01 Å². The maximum atomic E-state index is 12.1. The molecule has 0 saturated heterocycles. The van der Waals surface area contributed by atoms with Crippen molar-refractivity contribution in [3.63, 3.8) is 0 Å². The average Bonchev–Trinajstić information content (AvgIpc) is 4.14. The highest BCUT2D eigenvalue weighted by molar-refractivity contribution is 5.96. The van der Waals surface area contributed by atoms with E-state index in [9.17, 15) is 50.0 Å². The molecule has 0 amide bonds. The Kier molecular flexibility index (Phi) is 12.3. The predicted molar refractivity (Wildman–Crippen MR) is 259 cm³/mol. The van der Waals surface area contributed by atoms with Crippen molar-refractivity contribution in [3.8, 4) is 57.9 Å². The van der Waals surface area contributed by atoms with Gasteiger partial charge in [-0.3, -0.25) is 0 Å². The maximum Gasteiger partial charge on any atom is 0.335 e. The summed E-state index contributed by atoms with van der Waals surface area (Å²) in [6.07, 6.45) is 0. The lowest BCUT2D eigenvalue weighted by atomic mass is 10.1. The molecule has 0 spiro atoms. The number of azo groups is 2. The first-order chi connectivity index (χ1) is 36.0. The van der Waals surface area contributed by atoms with E-state index in [1.165, 1.54) is 13.8 Å². The molecule has 4 aromatic carbocycles. The zero-order valence-electron chi connectivity index (χ0n) is 38.4. The second kappa shape index (κ2) is 19.2. The van der Waals surface area contributed by atoms with Gasteiger partial charge in [-0.15, -0.1) is 20.5 Å². The van der Waals surface area contributed by atoms with Crippen molar-refractivity contribution in [2.24, 2.45) is 20.5 Å². The Hall–Kier alpha value is -11.8. The van der Waals surface area contributed by atoms with Gasteiger partial charge in [-0.1, -0.05) is 60.7 Å². The van der Waals surface area contributed by atoms with Gasteiger partial charge in [0, 0.05) is 5.56 Å². The van der Waals surface area contributed by atoms with E-state index in [1.807, 2.05) is 0 Å². The van der Waals surface area contributed by atoms with Crippen LogP contribution in [0.25, 0.3) is 50.6 Å². The number of aryl methyl sites for hydroxylation is 2. The Morgan fingerprint density at radius 2 is 0.973 bits per heavy atom. The number of hydrogen-bond acceptors (Lipinski definition) is 19. The van der Waals surface area contributed by atoms with Crippen LogP contribution >= 0.6 is 0 Å². The number of nitriles is 1. The van der Waals surface area contributed by atoms with Crippen molar-refractivity contribution in [2.45, 2.75) is 13.8 Å². The molecule has 0 aliphatic heterocycles. The fourth-order valence-corrected chi connectivity index (χ4v) is 7.46. The third kappa shape index (κ3) is 9.00. The number of carboxylic acids is 4. The Morgan fingerprint density at radius 1 is 0.573 bits per heavy atom. The minimum atomic E-state index is -1.43. The molecule has 0 aliphatic rings. The van der Waals surface area contributed by atoms with E-state index in [2.05, 4.69) is 66.7 Å². The number of carboxylic acid groups (broad SMARTS) is 4. The highest BCUT2D eigenvalue weighted by Crippen LogP contribution is 2.42. The van der Waals surface area contributed by atoms with Crippen molar-refractivity contribution >= 4 is 64.2 Å².